The van der Waals surface area contributed by atoms with Gasteiger partial charge in [0.15, 0.2) is 11.5 Å². The summed E-state index contributed by atoms with van der Waals surface area (Å²) in [6.07, 6.45) is 0. The largest absolute Gasteiger partial charge is 0.493 e. The van der Waals surface area contributed by atoms with Crippen LogP contribution < -0.4 is 19.5 Å². The Kier molecular flexibility index (Phi) is 4.75. The Morgan fingerprint density at radius 2 is 1.65 bits per heavy atom. The maximum absolute atomic E-state index is 12.8. The van der Waals surface area contributed by atoms with E-state index in [0.29, 0.717) is 22.8 Å². The summed E-state index contributed by atoms with van der Waals surface area (Å²) in [7, 11) is 4.56. The second-order valence-electron chi connectivity index (χ2n) is 5.97. The minimum Gasteiger partial charge on any atom is -0.493 e. The zero-order valence-electron chi connectivity index (χ0n) is 15.5. The van der Waals surface area contributed by atoms with Crippen molar-refractivity contribution in [2.24, 2.45) is 0 Å². The molecule has 1 heterocycles. The van der Waals surface area contributed by atoms with E-state index in [-0.39, 0.29) is 5.91 Å². The molecule has 0 fully saturated rings. The molecule has 0 unspecified atom stereocenters. The summed E-state index contributed by atoms with van der Waals surface area (Å²) in [6.45, 7) is 4.07. The number of aromatic amines is 1. The van der Waals surface area contributed by atoms with E-state index < -0.39 is 0 Å². The van der Waals surface area contributed by atoms with Crippen molar-refractivity contribution in [3.05, 3.63) is 47.2 Å². The van der Waals surface area contributed by atoms with Gasteiger partial charge in [-0.05, 0) is 37.6 Å². The summed E-state index contributed by atoms with van der Waals surface area (Å²) in [5.41, 5.74) is 4.29. The van der Waals surface area contributed by atoms with Gasteiger partial charge in [-0.15, -0.1) is 0 Å². The number of aryl methyl sites for hydroxylation is 2. The zero-order valence-corrected chi connectivity index (χ0v) is 15.5. The predicted octanol–water partition coefficient (Wildman–Crippen LogP) is 4.06. The molecule has 0 atom stereocenters. The maximum Gasteiger partial charge on any atom is 0.255 e. The number of ether oxygens (including phenoxy) is 3. The van der Waals surface area contributed by atoms with E-state index in [0.717, 1.165) is 22.3 Å². The first kappa shape index (κ1) is 17.7. The van der Waals surface area contributed by atoms with Gasteiger partial charge < -0.3 is 24.5 Å². The first-order chi connectivity index (χ1) is 12.5. The number of para-hydroxylation sites is 1. The van der Waals surface area contributed by atoms with E-state index in [1.54, 1.807) is 12.1 Å². The van der Waals surface area contributed by atoms with Gasteiger partial charge in [-0.25, -0.2) is 0 Å². The molecule has 2 N–H and O–H groups in total. The highest BCUT2D eigenvalue weighted by molar-refractivity contribution is 6.09. The van der Waals surface area contributed by atoms with Crippen LogP contribution in [-0.2, 0) is 0 Å². The molecule has 0 spiro atoms. The predicted molar refractivity (Wildman–Crippen MR) is 102 cm³/mol. The highest BCUT2D eigenvalue weighted by Crippen LogP contribution is 2.38. The van der Waals surface area contributed by atoms with Crippen LogP contribution in [-0.4, -0.2) is 32.2 Å². The second-order valence-corrected chi connectivity index (χ2v) is 5.97. The number of anilines is 1. The van der Waals surface area contributed by atoms with Crippen molar-refractivity contribution in [3.63, 3.8) is 0 Å². The molecule has 3 aromatic rings. The molecular weight excluding hydrogens is 332 g/mol. The molecule has 6 nitrogen and oxygen atoms in total. The van der Waals surface area contributed by atoms with E-state index in [9.17, 15) is 4.79 Å². The molecule has 26 heavy (non-hydrogen) atoms. The quantitative estimate of drug-likeness (QED) is 0.725. The Balaban J connectivity index is 2.00. The Labute approximate surface area is 152 Å². The number of carbonyl (C=O) groups is 1. The molecule has 0 aliphatic rings. The van der Waals surface area contributed by atoms with Crippen LogP contribution >= 0.6 is 0 Å². The third kappa shape index (κ3) is 2.94. The van der Waals surface area contributed by atoms with Crippen molar-refractivity contribution < 1.29 is 19.0 Å². The van der Waals surface area contributed by atoms with Gasteiger partial charge in [0.05, 0.1) is 32.5 Å². The van der Waals surface area contributed by atoms with Gasteiger partial charge in [-0.3, -0.25) is 4.79 Å². The number of amides is 1. The van der Waals surface area contributed by atoms with Gasteiger partial charge >= 0.3 is 0 Å². The number of carbonyl (C=O) groups excluding carboxylic acids is 1. The summed E-state index contributed by atoms with van der Waals surface area (Å²) < 4.78 is 15.9. The number of aromatic nitrogens is 1. The van der Waals surface area contributed by atoms with E-state index >= 15 is 0 Å². The summed E-state index contributed by atoms with van der Waals surface area (Å²) in [5, 5.41) is 4.05. The number of H-pyrrole nitrogens is 1. The van der Waals surface area contributed by atoms with E-state index in [1.165, 1.54) is 26.9 Å². The summed E-state index contributed by atoms with van der Waals surface area (Å²) in [6, 6.07) is 9.08. The fourth-order valence-corrected chi connectivity index (χ4v) is 2.99. The minimum atomic E-state index is -0.262. The van der Waals surface area contributed by atoms with Crippen LogP contribution in [0.15, 0.2) is 30.3 Å². The molecule has 0 aliphatic carbocycles. The summed E-state index contributed by atoms with van der Waals surface area (Å²) in [4.78, 5) is 16.1. The molecule has 136 valence electrons. The fourth-order valence-electron chi connectivity index (χ4n) is 2.99. The number of hydrogen-bond acceptors (Lipinski definition) is 4. The minimum absolute atomic E-state index is 0.262. The first-order valence-corrected chi connectivity index (χ1v) is 8.19. The molecule has 6 heteroatoms. The van der Waals surface area contributed by atoms with Gasteiger partial charge in [0, 0.05) is 16.6 Å². The molecular formula is C20H22N2O4. The number of nitrogens with one attached hydrogen (secondary N) is 2. The summed E-state index contributed by atoms with van der Waals surface area (Å²) >= 11 is 0. The molecule has 3 rings (SSSR count). The van der Waals surface area contributed by atoms with Gasteiger partial charge in [0.2, 0.25) is 5.75 Å². The molecule has 0 radical (unpaired) electrons. The molecule has 0 bridgehead atoms. The van der Waals surface area contributed by atoms with Gasteiger partial charge in [0.25, 0.3) is 5.91 Å². The number of methoxy groups -OCH3 is 3. The highest BCUT2D eigenvalue weighted by atomic mass is 16.5. The lowest BCUT2D eigenvalue weighted by Crippen LogP contribution is -2.13. The molecule has 1 amide bonds. The molecule has 1 aromatic heterocycles. The van der Waals surface area contributed by atoms with Crippen molar-refractivity contribution in [2.75, 3.05) is 26.6 Å². The Bertz CT molecular complexity index is 950. The third-order valence-corrected chi connectivity index (χ3v) is 4.52. The number of benzene rings is 2. The number of fused-ring (bicyclic) bond motifs is 1. The first-order valence-electron chi connectivity index (χ1n) is 8.19. The topological polar surface area (TPSA) is 72.6 Å². The fraction of sp³-hybridized carbons (Fsp3) is 0.250. The van der Waals surface area contributed by atoms with Crippen LogP contribution in [0.2, 0.25) is 0 Å². The van der Waals surface area contributed by atoms with Crippen LogP contribution in [0, 0.1) is 13.8 Å². The van der Waals surface area contributed by atoms with Crippen molar-refractivity contribution in [1.29, 1.82) is 0 Å². The number of hydrogen-bond donors (Lipinski definition) is 2. The average molecular weight is 354 g/mol. The van der Waals surface area contributed by atoms with Gasteiger partial charge in [-0.1, -0.05) is 12.1 Å². The maximum atomic E-state index is 12.8. The zero-order chi connectivity index (χ0) is 18.8. The second kappa shape index (κ2) is 7.00. The van der Waals surface area contributed by atoms with Crippen molar-refractivity contribution in [2.45, 2.75) is 13.8 Å². The van der Waals surface area contributed by atoms with Gasteiger partial charge in [-0.2, -0.15) is 0 Å². The van der Waals surface area contributed by atoms with E-state index in [4.69, 9.17) is 14.2 Å². The highest BCUT2D eigenvalue weighted by Gasteiger charge is 2.18. The summed E-state index contributed by atoms with van der Waals surface area (Å²) in [5.74, 6) is 1.05. The smallest absolute Gasteiger partial charge is 0.255 e. The van der Waals surface area contributed by atoms with Gasteiger partial charge in [0.1, 0.15) is 0 Å². The lowest BCUT2D eigenvalue weighted by molar-refractivity contribution is 0.102. The number of rotatable bonds is 5. The van der Waals surface area contributed by atoms with Crippen molar-refractivity contribution in [3.8, 4) is 17.2 Å². The lowest BCUT2D eigenvalue weighted by Gasteiger charge is -2.14. The third-order valence-electron chi connectivity index (χ3n) is 4.52. The van der Waals surface area contributed by atoms with E-state index in [2.05, 4.69) is 17.2 Å². The van der Waals surface area contributed by atoms with Crippen molar-refractivity contribution in [1.82, 2.24) is 4.98 Å². The molecule has 2 aromatic carbocycles. The lowest BCUT2D eigenvalue weighted by atomic mass is 10.1. The molecule has 0 saturated carbocycles. The van der Waals surface area contributed by atoms with Crippen LogP contribution in [0.3, 0.4) is 0 Å². The molecule has 0 aliphatic heterocycles. The monoisotopic (exact) mass is 354 g/mol. The normalized spacial score (nSPS) is 10.7. The van der Waals surface area contributed by atoms with Crippen molar-refractivity contribution >= 4 is 22.5 Å². The van der Waals surface area contributed by atoms with E-state index in [1.807, 2.05) is 25.1 Å². The van der Waals surface area contributed by atoms with Crippen LogP contribution in [0.1, 0.15) is 21.6 Å². The standard InChI is InChI=1S/C20H22N2O4/c1-11-12(2)21-18-14(11)7-6-8-15(18)22-20(23)13-9-16(24-3)19(26-5)17(10-13)25-4/h6-10,21H,1-5H3,(H,22,23). The Hall–Kier alpha value is -3.15. The van der Waals surface area contributed by atoms with Crippen LogP contribution in [0.25, 0.3) is 10.9 Å². The Morgan fingerprint density at radius 3 is 2.23 bits per heavy atom. The Morgan fingerprint density at radius 1 is 1.00 bits per heavy atom. The van der Waals surface area contributed by atoms with Crippen LogP contribution in [0.4, 0.5) is 5.69 Å². The van der Waals surface area contributed by atoms with Crippen LogP contribution in [0.5, 0.6) is 17.2 Å². The average Bonchev–Trinajstić information content (AvgIpc) is 2.95. The molecule has 0 saturated heterocycles. The SMILES string of the molecule is COc1cc(C(=O)Nc2cccc3c(C)c(C)[nH]c23)cc(OC)c1OC.